The molecule has 0 bridgehead atoms. The van der Waals surface area contributed by atoms with Crippen LogP contribution in [0.15, 0.2) is 78.9 Å². The highest BCUT2D eigenvalue weighted by atomic mass is 19.1. The van der Waals surface area contributed by atoms with E-state index in [0.717, 1.165) is 5.56 Å². The molecule has 1 N–H and O–H groups in total. The predicted octanol–water partition coefficient (Wildman–Crippen LogP) is 4.66. The van der Waals surface area contributed by atoms with Crippen LogP contribution in [0.25, 0.3) is 0 Å². The van der Waals surface area contributed by atoms with Gasteiger partial charge in [-0.1, -0.05) is 42.5 Å². The van der Waals surface area contributed by atoms with Crippen LogP contribution in [0.2, 0.25) is 0 Å². The number of rotatable bonds is 5. The zero-order valence-corrected chi connectivity index (χ0v) is 12.9. The zero-order chi connectivity index (χ0) is 16.8. The van der Waals surface area contributed by atoms with Gasteiger partial charge in [0.2, 0.25) is 0 Å². The Morgan fingerprint density at radius 3 is 2.25 bits per heavy atom. The molecule has 0 fully saturated rings. The van der Waals surface area contributed by atoms with Crippen LogP contribution >= 0.6 is 0 Å². The van der Waals surface area contributed by atoms with E-state index in [-0.39, 0.29) is 5.56 Å². The van der Waals surface area contributed by atoms with Gasteiger partial charge in [0.15, 0.2) is 0 Å². The molecule has 4 heteroatoms. The average Bonchev–Trinajstić information content (AvgIpc) is 2.62. The number of hydrogen-bond acceptors (Lipinski definition) is 2. The van der Waals surface area contributed by atoms with Crippen molar-refractivity contribution in [1.29, 1.82) is 0 Å². The van der Waals surface area contributed by atoms with Crippen LogP contribution in [-0.4, -0.2) is 5.91 Å². The van der Waals surface area contributed by atoms with Crippen molar-refractivity contribution < 1.29 is 13.9 Å². The highest BCUT2D eigenvalue weighted by molar-refractivity contribution is 6.04. The van der Waals surface area contributed by atoms with Crippen molar-refractivity contribution in [2.24, 2.45) is 0 Å². The molecule has 1 amide bonds. The summed E-state index contributed by atoms with van der Waals surface area (Å²) in [6.45, 7) is 0.474. The Kier molecular flexibility index (Phi) is 4.87. The van der Waals surface area contributed by atoms with Gasteiger partial charge in [-0.2, -0.15) is 0 Å². The molecule has 24 heavy (non-hydrogen) atoms. The first-order chi connectivity index (χ1) is 11.7. The van der Waals surface area contributed by atoms with E-state index in [0.29, 0.717) is 18.0 Å². The molecule has 0 aliphatic rings. The highest BCUT2D eigenvalue weighted by Gasteiger charge is 2.10. The minimum absolute atomic E-state index is 0.0157. The van der Waals surface area contributed by atoms with Crippen molar-refractivity contribution in [1.82, 2.24) is 0 Å². The fourth-order valence-electron chi connectivity index (χ4n) is 2.22. The van der Waals surface area contributed by atoms with Gasteiger partial charge in [0, 0.05) is 5.69 Å². The Labute approximate surface area is 139 Å². The van der Waals surface area contributed by atoms with Gasteiger partial charge in [-0.05, 0) is 42.0 Å². The number of amides is 1. The van der Waals surface area contributed by atoms with Crippen LogP contribution in [-0.2, 0) is 6.61 Å². The number of carbonyl (C=O) groups is 1. The Bertz CT molecular complexity index is 817. The number of benzene rings is 3. The van der Waals surface area contributed by atoms with Crippen LogP contribution in [0.1, 0.15) is 15.9 Å². The number of anilines is 1. The number of halogens is 1. The highest BCUT2D eigenvalue weighted by Crippen LogP contribution is 2.18. The second-order valence-corrected chi connectivity index (χ2v) is 5.23. The molecule has 3 nitrogen and oxygen atoms in total. The smallest absolute Gasteiger partial charge is 0.258 e. The lowest BCUT2D eigenvalue weighted by atomic mass is 10.2. The molecule has 0 aliphatic heterocycles. The summed E-state index contributed by atoms with van der Waals surface area (Å²) in [6, 6.07) is 22.7. The van der Waals surface area contributed by atoms with E-state index < -0.39 is 11.7 Å². The fourth-order valence-corrected chi connectivity index (χ4v) is 2.22. The van der Waals surface area contributed by atoms with Gasteiger partial charge >= 0.3 is 0 Å². The van der Waals surface area contributed by atoms with Crippen LogP contribution in [0.3, 0.4) is 0 Å². The van der Waals surface area contributed by atoms with Gasteiger partial charge in [-0.25, -0.2) is 4.39 Å². The molecular weight excluding hydrogens is 305 g/mol. The maximum atomic E-state index is 13.6. The molecular formula is C20H16FNO2. The molecule has 0 aliphatic carbocycles. The molecule has 3 aromatic rings. The molecule has 120 valence electrons. The lowest BCUT2D eigenvalue weighted by Crippen LogP contribution is -2.13. The van der Waals surface area contributed by atoms with E-state index in [9.17, 15) is 9.18 Å². The quantitative estimate of drug-likeness (QED) is 0.742. The zero-order valence-electron chi connectivity index (χ0n) is 12.9. The van der Waals surface area contributed by atoms with Gasteiger partial charge in [-0.3, -0.25) is 4.79 Å². The summed E-state index contributed by atoms with van der Waals surface area (Å²) in [5, 5.41) is 2.67. The van der Waals surface area contributed by atoms with E-state index in [4.69, 9.17) is 4.74 Å². The molecule has 0 saturated heterocycles. The summed E-state index contributed by atoms with van der Waals surface area (Å²) in [7, 11) is 0. The number of nitrogens with one attached hydrogen (secondary N) is 1. The number of ether oxygens (including phenoxy) is 1. The first-order valence-electron chi connectivity index (χ1n) is 7.55. The topological polar surface area (TPSA) is 38.3 Å². The summed E-state index contributed by atoms with van der Waals surface area (Å²) >= 11 is 0. The van der Waals surface area contributed by atoms with Crippen molar-refractivity contribution in [3.05, 3.63) is 95.8 Å². The van der Waals surface area contributed by atoms with Crippen LogP contribution < -0.4 is 10.1 Å². The van der Waals surface area contributed by atoms with Crippen molar-refractivity contribution >= 4 is 11.6 Å². The predicted molar refractivity (Wildman–Crippen MR) is 91.6 cm³/mol. The molecule has 3 rings (SSSR count). The van der Waals surface area contributed by atoms with Gasteiger partial charge < -0.3 is 10.1 Å². The molecule has 0 heterocycles. The average molecular weight is 321 g/mol. The molecule has 0 aromatic heterocycles. The molecule has 0 atom stereocenters. The van der Waals surface area contributed by atoms with E-state index in [1.54, 1.807) is 36.4 Å². The summed E-state index contributed by atoms with van der Waals surface area (Å²) in [5.41, 5.74) is 1.67. The fraction of sp³-hybridized carbons (Fsp3) is 0.0500. The third kappa shape index (κ3) is 3.98. The maximum Gasteiger partial charge on any atom is 0.258 e. The Morgan fingerprint density at radius 2 is 1.54 bits per heavy atom. The summed E-state index contributed by atoms with van der Waals surface area (Å²) in [6.07, 6.45) is 0. The molecule has 0 spiro atoms. The molecule has 3 aromatic carbocycles. The summed E-state index contributed by atoms with van der Waals surface area (Å²) in [4.78, 5) is 12.0. The summed E-state index contributed by atoms with van der Waals surface area (Å²) in [5.74, 6) is -0.327. The van der Waals surface area contributed by atoms with Crippen molar-refractivity contribution in [3.63, 3.8) is 0 Å². The van der Waals surface area contributed by atoms with E-state index in [2.05, 4.69) is 5.32 Å². The van der Waals surface area contributed by atoms with Crippen molar-refractivity contribution in [2.75, 3.05) is 5.32 Å². The minimum atomic E-state index is -0.544. The first kappa shape index (κ1) is 15.7. The normalized spacial score (nSPS) is 10.2. The van der Waals surface area contributed by atoms with Gasteiger partial charge in [-0.15, -0.1) is 0 Å². The standard InChI is InChI=1S/C20H16FNO2/c21-19-9-5-4-8-18(19)20(23)22-16-10-12-17(13-11-16)24-14-15-6-2-1-3-7-15/h1-13H,14H2,(H,22,23). The van der Waals surface area contributed by atoms with Gasteiger partial charge in [0.25, 0.3) is 5.91 Å². The second-order valence-electron chi connectivity index (χ2n) is 5.23. The minimum Gasteiger partial charge on any atom is -0.489 e. The Morgan fingerprint density at radius 1 is 0.875 bits per heavy atom. The third-order valence-electron chi connectivity index (χ3n) is 3.48. The van der Waals surface area contributed by atoms with E-state index in [1.165, 1.54) is 12.1 Å². The van der Waals surface area contributed by atoms with E-state index in [1.807, 2.05) is 30.3 Å². The summed E-state index contributed by atoms with van der Waals surface area (Å²) < 4.78 is 19.3. The van der Waals surface area contributed by atoms with Crippen LogP contribution in [0.5, 0.6) is 5.75 Å². The second kappa shape index (κ2) is 7.42. The molecule has 0 unspecified atom stereocenters. The largest absolute Gasteiger partial charge is 0.489 e. The van der Waals surface area contributed by atoms with E-state index >= 15 is 0 Å². The number of carbonyl (C=O) groups excluding carboxylic acids is 1. The SMILES string of the molecule is O=C(Nc1ccc(OCc2ccccc2)cc1)c1ccccc1F. The first-order valence-corrected chi connectivity index (χ1v) is 7.55. The number of hydrogen-bond donors (Lipinski definition) is 1. The molecule has 0 radical (unpaired) electrons. The van der Waals surface area contributed by atoms with Crippen LogP contribution in [0, 0.1) is 5.82 Å². The van der Waals surface area contributed by atoms with Gasteiger partial charge in [0.05, 0.1) is 5.56 Å². The van der Waals surface area contributed by atoms with Gasteiger partial charge in [0.1, 0.15) is 18.2 Å². The third-order valence-corrected chi connectivity index (χ3v) is 3.48. The van der Waals surface area contributed by atoms with Crippen molar-refractivity contribution in [3.8, 4) is 5.75 Å². The van der Waals surface area contributed by atoms with Crippen LogP contribution in [0.4, 0.5) is 10.1 Å². The maximum absolute atomic E-state index is 13.6. The lowest BCUT2D eigenvalue weighted by Gasteiger charge is -2.09. The Balaban J connectivity index is 1.60. The lowest BCUT2D eigenvalue weighted by molar-refractivity contribution is 0.102. The monoisotopic (exact) mass is 321 g/mol. The van der Waals surface area contributed by atoms with Crippen molar-refractivity contribution in [2.45, 2.75) is 6.61 Å². The Hall–Kier alpha value is -3.14. The molecule has 0 saturated carbocycles.